The summed E-state index contributed by atoms with van der Waals surface area (Å²) in [5.41, 5.74) is 0. The van der Waals surface area contributed by atoms with Crippen LogP contribution in [-0.2, 0) is 108 Å². The molecule has 12 N–H and O–H groups in total. The molecule has 2 radical (unpaired) electrons. The monoisotopic (exact) mass is 1090 g/mol. The molecule has 0 aliphatic carbocycles. The van der Waals surface area contributed by atoms with E-state index in [1.807, 2.05) is 6.92 Å². The van der Waals surface area contributed by atoms with Crippen LogP contribution in [0.1, 0.15) is 51.9 Å². The average Bonchev–Trinajstić information content (AvgIpc) is 3.27. The molecule has 0 aromatic carbocycles. The van der Waals surface area contributed by atoms with Crippen molar-refractivity contribution < 1.29 is 159 Å². The number of carbonyl (C=O) groups is 1. The van der Waals surface area contributed by atoms with E-state index in [-0.39, 0.29) is 96.4 Å². The molecule has 65 heavy (non-hydrogen) atoms. The Labute approximate surface area is 431 Å². The summed E-state index contributed by atoms with van der Waals surface area (Å²) in [6, 6.07) is 0. The van der Waals surface area contributed by atoms with Gasteiger partial charge in [0, 0.05) is 85.1 Å². The zero-order valence-electron chi connectivity index (χ0n) is 36.8. The summed E-state index contributed by atoms with van der Waals surface area (Å²) in [4.78, 5) is 12.9. The van der Waals surface area contributed by atoms with Crippen LogP contribution < -0.4 is 10.6 Å². The molecule has 12 aliphatic heterocycles. The molecule has 22 nitrogen and oxygen atoms in total. The van der Waals surface area contributed by atoms with Gasteiger partial charge in [0.15, 0.2) is 25.2 Å². The van der Waals surface area contributed by atoms with E-state index >= 15 is 0 Å². The van der Waals surface area contributed by atoms with Crippen LogP contribution in [0, 0.1) is 38.1 Å². The molecule has 0 aromatic rings. The number of rotatable bonds is 9. The van der Waals surface area contributed by atoms with Gasteiger partial charge < -0.3 is 131 Å². The molecule has 8 bridgehead atoms. The quantitative estimate of drug-likeness (QED) is 0.0595. The van der Waals surface area contributed by atoms with Gasteiger partial charge in [-0.05, 0) is 37.5 Å². The van der Waals surface area contributed by atoms with Crippen molar-refractivity contribution in [1.29, 1.82) is 0 Å². The fourth-order valence-corrected chi connectivity index (χ4v) is 8.06. The van der Waals surface area contributed by atoms with Crippen molar-refractivity contribution >= 4 is 5.91 Å². The van der Waals surface area contributed by atoms with Gasteiger partial charge in [0.25, 0.3) is 0 Å². The number of amides is 1. The Morgan fingerprint density at radius 1 is 0.585 bits per heavy atom. The molecule has 16 unspecified atom stereocenters. The summed E-state index contributed by atoms with van der Waals surface area (Å²) < 4.78 is 44.3. The van der Waals surface area contributed by atoms with Crippen LogP contribution in [0.15, 0.2) is 13.2 Å². The second-order valence-corrected chi connectivity index (χ2v) is 16.0. The summed E-state index contributed by atoms with van der Waals surface area (Å²) in [7, 11) is 0. The van der Waals surface area contributed by atoms with Gasteiger partial charge in [0.05, 0.1) is 38.8 Å². The Balaban J connectivity index is 0.000000348. The SMILES string of the molecule is C=[C-]NCN(CN[C-]=C)C(=O)CC.[CH2-]C1O[C@H]2OC3C(CO)O[C@@H](OCCCCC1C(O)C2O)C(O)C3O.[CH2-]C1O[C@H]2OC3C(CO)O[C@@H](OCCCCC1C(O)C2O)C(O)C3O.[Y].[Y]. The van der Waals surface area contributed by atoms with Crippen molar-refractivity contribution in [2.45, 2.75) is 162 Å². The summed E-state index contributed by atoms with van der Waals surface area (Å²) >= 11 is 0. The first-order valence-corrected chi connectivity index (χ1v) is 21.4. The second-order valence-electron chi connectivity index (χ2n) is 16.0. The maximum Gasteiger partial charge on any atom is 0.224 e. The Bertz CT molecular complexity index is 1280. The van der Waals surface area contributed by atoms with E-state index in [0.717, 1.165) is 0 Å². The van der Waals surface area contributed by atoms with E-state index < -0.39 is 124 Å². The third-order valence-electron chi connectivity index (χ3n) is 11.8. The van der Waals surface area contributed by atoms with E-state index in [9.17, 15) is 55.9 Å². The second kappa shape index (κ2) is 30.7. The van der Waals surface area contributed by atoms with Crippen LogP contribution in [0.3, 0.4) is 0 Å². The number of aliphatic hydroxyl groups is 10. The molecule has 0 saturated carbocycles. The molecule has 0 aromatic heterocycles. The van der Waals surface area contributed by atoms with Crippen molar-refractivity contribution in [2.75, 3.05) is 39.8 Å². The minimum atomic E-state index is -1.42. The maximum absolute atomic E-state index is 11.3. The molecule has 20 atom stereocenters. The molecule has 12 heterocycles. The van der Waals surface area contributed by atoms with Gasteiger partial charge in [0.2, 0.25) is 5.91 Å². The van der Waals surface area contributed by atoms with Gasteiger partial charge in [-0.25, -0.2) is 0 Å². The Kier molecular flexibility index (Phi) is 28.9. The molecule has 12 rings (SSSR count). The Morgan fingerprint density at radius 3 is 1.29 bits per heavy atom. The first kappa shape index (κ1) is 61.2. The zero-order valence-corrected chi connectivity index (χ0v) is 42.5. The van der Waals surface area contributed by atoms with Crippen LogP contribution in [0.5, 0.6) is 0 Å². The van der Waals surface area contributed by atoms with Crippen molar-refractivity contribution in [3.05, 3.63) is 39.4 Å². The van der Waals surface area contributed by atoms with Gasteiger partial charge >= 0.3 is 0 Å². The number of nitrogens with zero attached hydrogens (tertiary/aromatic N) is 1. The van der Waals surface area contributed by atoms with Crippen molar-refractivity contribution in [1.82, 2.24) is 15.5 Å². The molecule has 372 valence electrons. The van der Waals surface area contributed by atoms with Gasteiger partial charge in [-0.1, -0.05) is 32.0 Å². The molecule has 12 aliphatic rings. The largest absolute Gasteiger partial charge is 0.552 e. The van der Waals surface area contributed by atoms with Crippen LogP contribution in [0.25, 0.3) is 0 Å². The number of hydrogen-bond acceptors (Lipinski definition) is 21. The van der Waals surface area contributed by atoms with Gasteiger partial charge in [-0.3, -0.25) is 18.0 Å². The topological polar surface area (TPSA) is 321 Å². The summed E-state index contributed by atoms with van der Waals surface area (Å²) in [5, 5.41) is 107. The van der Waals surface area contributed by atoms with E-state index in [0.29, 0.717) is 58.3 Å². The van der Waals surface area contributed by atoms with Crippen molar-refractivity contribution in [3.8, 4) is 0 Å². The van der Waals surface area contributed by atoms with Gasteiger partial charge in [0.1, 0.15) is 61.0 Å². The number of nitrogens with one attached hydrogen (secondary N) is 2. The molecule has 24 heteroatoms. The van der Waals surface area contributed by atoms with Gasteiger partial charge in [-0.15, -0.1) is 0 Å². The Hall–Kier alpha value is 0.0378. The van der Waals surface area contributed by atoms with Crippen LogP contribution in [0.4, 0.5) is 0 Å². The van der Waals surface area contributed by atoms with Crippen molar-refractivity contribution in [2.24, 2.45) is 11.8 Å². The fraction of sp³-hybridized carbons (Fsp3) is 0.829. The standard InChI is InChI=1S/2C16H27O9.C9H15N3O.2Y/c2*1-7-8-4-2-3-5-22-15-13(21)11(19)14(9(6-17)24-15)25-16(23-7)12(20)10(8)18;1-4-9(13)12(7-10-5-2)8-11-6-3;;/h2*7-21H,1-6H2;10-11H,2-4,7-8H2,1H3;;/q2*-1;-2;;/t2*7?,8?,9?,10?,11?,12?,13?,14?,15-,16+;;;/m11.../s1. The van der Waals surface area contributed by atoms with Gasteiger partial charge in [-0.2, -0.15) is 0 Å². The third kappa shape index (κ3) is 16.5. The fourth-order valence-electron chi connectivity index (χ4n) is 8.06. The molecule has 1 amide bonds. The minimum Gasteiger partial charge on any atom is -0.552 e. The molecule has 0 spiro atoms. The number of ether oxygens (including phenoxy) is 8. The molecule has 12 saturated heterocycles. The van der Waals surface area contributed by atoms with E-state index in [1.165, 1.54) is 0 Å². The first-order chi connectivity index (χ1) is 30.1. The number of carbonyl (C=O) groups excluding carboxylic acids is 1. The number of aliphatic hydroxyl groups excluding tert-OH is 10. The van der Waals surface area contributed by atoms with Crippen molar-refractivity contribution in [3.63, 3.8) is 0 Å². The normalized spacial score (nSPS) is 41.8. The smallest absolute Gasteiger partial charge is 0.224 e. The number of hydrogen-bond donors (Lipinski definition) is 12. The summed E-state index contributed by atoms with van der Waals surface area (Å²) in [5.74, 6) is -0.656. The van der Waals surface area contributed by atoms with E-state index in [2.05, 4.69) is 50.0 Å². The predicted molar refractivity (Wildman–Crippen MR) is 215 cm³/mol. The summed E-state index contributed by atoms with van der Waals surface area (Å²) in [6.07, 6.45) is -11.5. The predicted octanol–water partition coefficient (Wildman–Crippen LogP) is -3.98. The summed E-state index contributed by atoms with van der Waals surface area (Å²) in [6.45, 7) is 16.7. The zero-order chi connectivity index (χ0) is 46.4. The Morgan fingerprint density at radius 2 is 0.954 bits per heavy atom. The third-order valence-corrected chi connectivity index (χ3v) is 11.8. The van der Waals surface area contributed by atoms with Crippen LogP contribution >= 0.6 is 0 Å². The average molecular weight is 1090 g/mol. The van der Waals surface area contributed by atoms with E-state index in [4.69, 9.17) is 37.9 Å². The van der Waals surface area contributed by atoms with E-state index in [1.54, 1.807) is 4.90 Å². The first-order valence-electron chi connectivity index (χ1n) is 21.4. The molecular formula is C41H69N3O19Y2-4. The maximum atomic E-state index is 11.3. The minimum absolute atomic E-state index is 0. The van der Waals surface area contributed by atoms with Crippen LogP contribution in [0.2, 0.25) is 0 Å². The van der Waals surface area contributed by atoms with Crippen LogP contribution in [-0.4, -0.2) is 212 Å². The molecular weight excluding hydrogens is 1020 g/mol. The molecule has 12 fully saturated rings.